The van der Waals surface area contributed by atoms with Crippen LogP contribution in [-0.2, 0) is 0 Å². The Labute approximate surface area is 262 Å². The summed E-state index contributed by atoms with van der Waals surface area (Å²) in [5.74, 6) is -16.4. The van der Waals surface area contributed by atoms with Gasteiger partial charge in [0.1, 0.15) is 0 Å². The lowest BCUT2D eigenvalue weighted by Gasteiger charge is -2.26. The smallest absolute Gasteiger partial charge is 0.380 e. The highest BCUT2D eigenvalue weighted by Gasteiger charge is 2.81. The van der Waals surface area contributed by atoms with Gasteiger partial charge in [0, 0.05) is 43.0 Å². The summed E-state index contributed by atoms with van der Waals surface area (Å²) in [7, 11) is 1.16. The van der Waals surface area contributed by atoms with Crippen LogP contribution < -0.4 is 4.74 Å². The Morgan fingerprint density at radius 3 is 1.93 bits per heavy atom. The van der Waals surface area contributed by atoms with Gasteiger partial charge >= 0.3 is 22.8 Å². The van der Waals surface area contributed by atoms with E-state index in [1.807, 2.05) is 0 Å². The zero-order valence-electron chi connectivity index (χ0n) is 22.8. The maximum Gasteiger partial charge on any atom is 0.380 e. The second-order valence-electron chi connectivity index (χ2n) is 9.89. The average molecular weight is 684 g/mol. The van der Waals surface area contributed by atoms with E-state index < -0.39 is 45.0 Å². The first-order valence-electron chi connectivity index (χ1n) is 12.8. The molecular weight excluding hydrogens is 665 g/mol. The van der Waals surface area contributed by atoms with E-state index in [9.17, 15) is 10.1 Å². The Hall–Kier alpha value is -3.46. The van der Waals surface area contributed by atoms with Gasteiger partial charge in [-0.05, 0) is 48.1 Å². The van der Waals surface area contributed by atoms with E-state index in [0.717, 1.165) is 35.8 Å². The lowest BCUT2D eigenvalue weighted by atomic mass is 9.90. The quantitative estimate of drug-likeness (QED) is 0.0975. The van der Waals surface area contributed by atoms with Crippen molar-refractivity contribution >= 4 is 61.5 Å². The molecule has 5 aromatic rings. The molecule has 0 saturated heterocycles. The van der Waals surface area contributed by atoms with Crippen molar-refractivity contribution in [2.45, 2.75) is 31.6 Å². The number of rotatable bonds is 7. The summed E-state index contributed by atoms with van der Waals surface area (Å²) in [5, 5.41) is 12.7. The number of alkyl halides is 6. The summed E-state index contributed by atoms with van der Waals surface area (Å²) in [5.41, 5.74) is -3.34. The van der Waals surface area contributed by atoms with E-state index in [1.165, 1.54) is 31.3 Å². The third kappa shape index (κ3) is 4.29. The molecule has 0 fully saturated rings. The zero-order chi connectivity index (χ0) is 31.8. The first-order chi connectivity index (χ1) is 20.7. The van der Waals surface area contributed by atoms with Crippen molar-refractivity contribution in [3.8, 4) is 35.0 Å². The lowest BCUT2D eigenvalue weighted by Crippen LogP contribution is -2.49. The standard InChI is InChI=1S/C30H19F6NO3S4/c1-14-20(26(18-11-12-19(42-18)37(38)39)43-25(14)17-10-7-13-41-17)22-23(29(33,34)30(35,36)28(22,31)32)21-15(2)24(44-27(21)40-3)16-8-5-4-6-9-16/h4-13H,1-3H3. The highest BCUT2D eigenvalue weighted by molar-refractivity contribution is 7.27. The molecular formula is C30H19F6NO3S4. The molecule has 0 radical (unpaired) electrons. The van der Waals surface area contributed by atoms with Gasteiger partial charge < -0.3 is 4.74 Å². The van der Waals surface area contributed by atoms with Gasteiger partial charge in [-0.25, -0.2) is 0 Å². The van der Waals surface area contributed by atoms with Crippen LogP contribution in [-0.4, -0.2) is 29.8 Å². The van der Waals surface area contributed by atoms with Crippen LogP contribution in [0.4, 0.5) is 31.3 Å². The Balaban J connectivity index is 1.76. The summed E-state index contributed by atoms with van der Waals surface area (Å²) in [6, 6.07) is 14.4. The van der Waals surface area contributed by atoms with Crippen molar-refractivity contribution in [1.82, 2.24) is 0 Å². The van der Waals surface area contributed by atoms with E-state index in [4.69, 9.17) is 4.74 Å². The number of allylic oxidation sites excluding steroid dienone is 2. The minimum atomic E-state index is -5.80. The normalized spacial score (nSPS) is 16.9. The molecule has 0 atom stereocenters. The third-order valence-corrected chi connectivity index (χ3v) is 12.3. The third-order valence-electron chi connectivity index (χ3n) is 7.39. The van der Waals surface area contributed by atoms with Crippen molar-refractivity contribution in [1.29, 1.82) is 0 Å². The van der Waals surface area contributed by atoms with Crippen molar-refractivity contribution in [3.05, 3.63) is 92.3 Å². The van der Waals surface area contributed by atoms with Gasteiger partial charge in [0.25, 0.3) is 0 Å². The molecule has 0 amide bonds. The second kappa shape index (κ2) is 10.6. The Bertz CT molecular complexity index is 1940. The maximum absolute atomic E-state index is 16.1. The number of hydrogen-bond acceptors (Lipinski definition) is 7. The van der Waals surface area contributed by atoms with Crippen molar-refractivity contribution < 1.29 is 36.0 Å². The molecule has 0 N–H and O–H groups in total. The van der Waals surface area contributed by atoms with Gasteiger partial charge in [-0.2, -0.15) is 26.3 Å². The highest BCUT2D eigenvalue weighted by atomic mass is 32.1. The van der Waals surface area contributed by atoms with Gasteiger partial charge in [0.15, 0.2) is 5.06 Å². The zero-order valence-corrected chi connectivity index (χ0v) is 26.1. The van der Waals surface area contributed by atoms with E-state index in [0.29, 0.717) is 31.5 Å². The van der Waals surface area contributed by atoms with Gasteiger partial charge in [-0.1, -0.05) is 59.1 Å². The predicted molar refractivity (Wildman–Crippen MR) is 165 cm³/mol. The number of hydrogen-bond donors (Lipinski definition) is 0. The number of ether oxygens (including phenoxy) is 1. The minimum absolute atomic E-state index is 0.0418. The fourth-order valence-electron chi connectivity index (χ4n) is 5.35. The second-order valence-corrected chi connectivity index (χ2v) is 13.9. The van der Waals surface area contributed by atoms with E-state index in [2.05, 4.69) is 0 Å². The van der Waals surface area contributed by atoms with Crippen LogP contribution in [0, 0.1) is 24.0 Å². The molecule has 4 nitrogen and oxygen atoms in total. The van der Waals surface area contributed by atoms with Crippen LogP contribution >= 0.6 is 45.3 Å². The number of nitro groups is 1. The molecule has 1 aromatic carbocycles. The predicted octanol–water partition coefficient (Wildman–Crippen LogP) is 11.3. The van der Waals surface area contributed by atoms with E-state index in [1.54, 1.807) is 47.8 Å². The molecule has 0 saturated carbocycles. The van der Waals surface area contributed by atoms with Crippen molar-refractivity contribution in [3.63, 3.8) is 0 Å². The monoisotopic (exact) mass is 683 g/mol. The van der Waals surface area contributed by atoms with Crippen molar-refractivity contribution in [2.24, 2.45) is 0 Å². The van der Waals surface area contributed by atoms with Crippen LogP contribution in [0.15, 0.2) is 60.0 Å². The van der Waals surface area contributed by atoms with E-state index in [-0.39, 0.29) is 30.9 Å². The molecule has 4 heterocycles. The lowest BCUT2D eigenvalue weighted by molar-refractivity contribution is -0.380. The molecule has 14 heteroatoms. The molecule has 44 heavy (non-hydrogen) atoms. The van der Waals surface area contributed by atoms with Crippen LogP contribution in [0.5, 0.6) is 5.06 Å². The number of benzene rings is 1. The molecule has 6 rings (SSSR count). The van der Waals surface area contributed by atoms with Crippen LogP contribution in [0.25, 0.3) is 41.1 Å². The largest absolute Gasteiger partial charge is 0.487 e. The fourth-order valence-corrected chi connectivity index (χ4v) is 9.65. The van der Waals surface area contributed by atoms with Crippen LogP contribution in [0.2, 0.25) is 0 Å². The Kier molecular flexibility index (Phi) is 7.34. The molecule has 4 aromatic heterocycles. The summed E-state index contributed by atoms with van der Waals surface area (Å²) in [6.45, 7) is 2.82. The maximum atomic E-state index is 16.1. The SMILES string of the molecule is COc1sc(-c2ccccc2)c(C)c1C1=C(c2c(-c3ccc([N+](=O)[O-])s3)sc(-c3cccs3)c2C)C(F)(F)C(F)(F)C1(F)F. The van der Waals surface area contributed by atoms with Crippen LogP contribution in [0.3, 0.4) is 0 Å². The summed E-state index contributed by atoms with van der Waals surface area (Å²) in [6.07, 6.45) is 0. The number of nitrogens with zero attached hydrogens (tertiary/aromatic N) is 1. The van der Waals surface area contributed by atoms with Crippen LogP contribution in [0.1, 0.15) is 22.3 Å². The van der Waals surface area contributed by atoms with Gasteiger partial charge in [-0.15, -0.1) is 22.7 Å². The average Bonchev–Trinajstić information content (AvgIpc) is 3.79. The first kappa shape index (κ1) is 30.6. The summed E-state index contributed by atoms with van der Waals surface area (Å²) < 4.78 is 101. The van der Waals surface area contributed by atoms with Gasteiger partial charge in [-0.3, -0.25) is 10.1 Å². The number of thiophene rings is 4. The summed E-state index contributed by atoms with van der Waals surface area (Å²) in [4.78, 5) is 12.3. The van der Waals surface area contributed by atoms with E-state index >= 15 is 26.3 Å². The fraction of sp³-hybridized carbons (Fsp3) is 0.200. The molecule has 0 aliphatic heterocycles. The molecule has 1 aliphatic carbocycles. The number of halogens is 6. The Morgan fingerprint density at radius 1 is 0.727 bits per heavy atom. The molecule has 0 unspecified atom stereocenters. The number of methoxy groups -OCH3 is 1. The molecule has 1 aliphatic rings. The molecule has 0 spiro atoms. The molecule has 228 valence electrons. The first-order valence-corrected chi connectivity index (χ1v) is 16.1. The van der Waals surface area contributed by atoms with Crippen molar-refractivity contribution in [2.75, 3.05) is 7.11 Å². The highest BCUT2D eigenvalue weighted by Crippen LogP contribution is 2.68. The Morgan fingerprint density at radius 2 is 1.36 bits per heavy atom. The van der Waals surface area contributed by atoms with Gasteiger partial charge in [0.2, 0.25) is 0 Å². The summed E-state index contributed by atoms with van der Waals surface area (Å²) >= 11 is 3.73. The topological polar surface area (TPSA) is 52.4 Å². The minimum Gasteiger partial charge on any atom is -0.487 e. The molecule has 0 bridgehead atoms. The van der Waals surface area contributed by atoms with Gasteiger partial charge in [0.05, 0.1) is 21.8 Å².